The molecule has 0 aliphatic carbocycles. The largest absolute Gasteiger partial charge is 0.358 e. The summed E-state index contributed by atoms with van der Waals surface area (Å²) in [4.78, 5) is 18.3. The Labute approximate surface area is 126 Å². The van der Waals surface area contributed by atoms with E-state index in [0.29, 0.717) is 12.0 Å². The van der Waals surface area contributed by atoms with Gasteiger partial charge in [0.05, 0.1) is 0 Å². The molecular formula is C18H24N2O. The Morgan fingerprint density at radius 2 is 2.10 bits per heavy atom. The first kappa shape index (κ1) is 14.2. The molecule has 3 nitrogen and oxygen atoms in total. The maximum Gasteiger partial charge on any atom is 0.254 e. The lowest BCUT2D eigenvalue weighted by atomic mass is 10.0. The number of fused-ring (bicyclic) bond motifs is 1. The molecule has 3 heteroatoms. The van der Waals surface area contributed by atoms with E-state index in [9.17, 15) is 4.79 Å². The van der Waals surface area contributed by atoms with Crippen molar-refractivity contribution >= 4 is 16.8 Å². The summed E-state index contributed by atoms with van der Waals surface area (Å²) in [7, 11) is 0. The van der Waals surface area contributed by atoms with E-state index in [2.05, 4.69) is 37.6 Å². The number of amides is 1. The molecule has 0 spiro atoms. The van der Waals surface area contributed by atoms with Gasteiger partial charge in [0.1, 0.15) is 0 Å². The van der Waals surface area contributed by atoms with Crippen molar-refractivity contribution in [2.24, 2.45) is 5.92 Å². The number of aromatic nitrogens is 1. The van der Waals surface area contributed by atoms with Gasteiger partial charge >= 0.3 is 0 Å². The molecule has 0 radical (unpaired) electrons. The van der Waals surface area contributed by atoms with Crippen molar-refractivity contribution < 1.29 is 4.79 Å². The normalized spacial score (nSPS) is 18.9. The minimum absolute atomic E-state index is 0.186. The molecule has 1 saturated heterocycles. The summed E-state index contributed by atoms with van der Waals surface area (Å²) in [5.41, 5.74) is 4.35. The number of rotatable bonds is 2. The SMILES string of the molecule is Cc1[nH]c2ccc(C(=O)N3CCCC3C(C)C)cc2c1C. The van der Waals surface area contributed by atoms with Crippen LogP contribution < -0.4 is 0 Å². The molecule has 1 atom stereocenters. The minimum Gasteiger partial charge on any atom is -0.358 e. The van der Waals surface area contributed by atoms with Gasteiger partial charge in [0.25, 0.3) is 5.91 Å². The van der Waals surface area contributed by atoms with E-state index in [4.69, 9.17) is 0 Å². The Morgan fingerprint density at radius 3 is 2.81 bits per heavy atom. The van der Waals surface area contributed by atoms with Gasteiger partial charge < -0.3 is 9.88 Å². The third kappa shape index (κ3) is 2.35. The van der Waals surface area contributed by atoms with Gasteiger partial charge in [-0.3, -0.25) is 4.79 Å². The zero-order chi connectivity index (χ0) is 15.1. The quantitative estimate of drug-likeness (QED) is 0.887. The van der Waals surface area contributed by atoms with Crippen LogP contribution in [0.2, 0.25) is 0 Å². The van der Waals surface area contributed by atoms with Crippen molar-refractivity contribution in [3.63, 3.8) is 0 Å². The van der Waals surface area contributed by atoms with Gasteiger partial charge in [0, 0.05) is 34.7 Å². The fourth-order valence-corrected chi connectivity index (χ4v) is 3.50. The molecule has 2 aromatic rings. The van der Waals surface area contributed by atoms with Gasteiger partial charge in [-0.2, -0.15) is 0 Å². The first-order valence-corrected chi connectivity index (χ1v) is 7.89. The van der Waals surface area contributed by atoms with Crippen molar-refractivity contribution in [3.05, 3.63) is 35.0 Å². The fourth-order valence-electron chi connectivity index (χ4n) is 3.50. The third-order valence-electron chi connectivity index (χ3n) is 4.88. The number of nitrogens with zero attached hydrogens (tertiary/aromatic N) is 1. The summed E-state index contributed by atoms with van der Waals surface area (Å²) < 4.78 is 0. The highest BCUT2D eigenvalue weighted by atomic mass is 16.2. The lowest BCUT2D eigenvalue weighted by Crippen LogP contribution is -2.38. The maximum atomic E-state index is 12.8. The number of aromatic amines is 1. The summed E-state index contributed by atoms with van der Waals surface area (Å²) in [6, 6.07) is 6.42. The van der Waals surface area contributed by atoms with Crippen LogP contribution in [0.1, 0.15) is 48.3 Å². The topological polar surface area (TPSA) is 36.1 Å². The Kier molecular flexibility index (Phi) is 3.52. The van der Waals surface area contributed by atoms with Crippen LogP contribution in [0.25, 0.3) is 10.9 Å². The molecule has 1 aliphatic rings. The van der Waals surface area contributed by atoms with Crippen LogP contribution >= 0.6 is 0 Å². The minimum atomic E-state index is 0.186. The standard InChI is InChI=1S/C18H24N2O/c1-11(2)17-6-5-9-20(17)18(21)14-7-8-16-15(10-14)12(3)13(4)19-16/h7-8,10-11,17,19H,5-6,9H2,1-4H3. The van der Waals surface area contributed by atoms with Crippen LogP contribution in [0.5, 0.6) is 0 Å². The van der Waals surface area contributed by atoms with E-state index in [0.717, 1.165) is 30.5 Å². The average Bonchev–Trinajstić information content (AvgIpc) is 3.04. The Balaban J connectivity index is 1.96. The lowest BCUT2D eigenvalue weighted by molar-refractivity contribution is 0.0702. The molecule has 1 N–H and O–H groups in total. The molecule has 0 bridgehead atoms. The average molecular weight is 284 g/mol. The maximum absolute atomic E-state index is 12.8. The van der Waals surface area contributed by atoms with Crippen LogP contribution in [-0.2, 0) is 0 Å². The van der Waals surface area contributed by atoms with Gasteiger partial charge in [-0.05, 0) is 56.4 Å². The highest BCUT2D eigenvalue weighted by molar-refractivity contribution is 5.99. The summed E-state index contributed by atoms with van der Waals surface area (Å²) in [5.74, 6) is 0.711. The van der Waals surface area contributed by atoms with E-state index in [1.165, 1.54) is 16.6 Å². The van der Waals surface area contributed by atoms with Crippen LogP contribution in [0.15, 0.2) is 18.2 Å². The molecule has 1 aliphatic heterocycles. The molecule has 1 amide bonds. The molecule has 3 rings (SSSR count). The van der Waals surface area contributed by atoms with Crippen molar-refractivity contribution in [2.75, 3.05) is 6.54 Å². The van der Waals surface area contributed by atoms with E-state index < -0.39 is 0 Å². The molecule has 1 unspecified atom stereocenters. The van der Waals surface area contributed by atoms with Gasteiger partial charge in [0.2, 0.25) is 0 Å². The Morgan fingerprint density at radius 1 is 1.33 bits per heavy atom. The predicted octanol–water partition coefficient (Wildman–Crippen LogP) is 4.05. The molecule has 1 aromatic carbocycles. The van der Waals surface area contributed by atoms with Crippen molar-refractivity contribution in [1.82, 2.24) is 9.88 Å². The van der Waals surface area contributed by atoms with Gasteiger partial charge in [-0.1, -0.05) is 13.8 Å². The van der Waals surface area contributed by atoms with Gasteiger partial charge in [-0.25, -0.2) is 0 Å². The summed E-state index contributed by atoms with van der Waals surface area (Å²) in [5, 5.41) is 1.17. The zero-order valence-electron chi connectivity index (χ0n) is 13.4. The van der Waals surface area contributed by atoms with Crippen LogP contribution in [0, 0.1) is 19.8 Å². The summed E-state index contributed by atoms with van der Waals surface area (Å²) >= 11 is 0. The van der Waals surface area contributed by atoms with E-state index in [-0.39, 0.29) is 5.91 Å². The van der Waals surface area contributed by atoms with Crippen LogP contribution in [0.3, 0.4) is 0 Å². The van der Waals surface area contributed by atoms with Crippen molar-refractivity contribution in [3.8, 4) is 0 Å². The number of aryl methyl sites for hydroxylation is 2. The fraction of sp³-hybridized carbons (Fsp3) is 0.500. The number of carbonyl (C=O) groups excluding carboxylic acids is 1. The third-order valence-corrected chi connectivity index (χ3v) is 4.88. The number of hydrogen-bond donors (Lipinski definition) is 1. The second kappa shape index (κ2) is 5.21. The highest BCUT2D eigenvalue weighted by Crippen LogP contribution is 2.27. The van der Waals surface area contributed by atoms with Crippen LogP contribution in [-0.4, -0.2) is 28.4 Å². The molecule has 1 aromatic heterocycles. The van der Waals surface area contributed by atoms with Crippen molar-refractivity contribution in [1.29, 1.82) is 0 Å². The second-order valence-corrected chi connectivity index (χ2v) is 6.59. The van der Waals surface area contributed by atoms with E-state index in [1.807, 2.05) is 18.2 Å². The highest BCUT2D eigenvalue weighted by Gasteiger charge is 2.31. The second-order valence-electron chi connectivity index (χ2n) is 6.59. The number of H-pyrrole nitrogens is 1. The summed E-state index contributed by atoms with van der Waals surface area (Å²) in [6.45, 7) is 9.49. The predicted molar refractivity (Wildman–Crippen MR) is 86.7 cm³/mol. The molecule has 21 heavy (non-hydrogen) atoms. The number of hydrogen-bond acceptors (Lipinski definition) is 1. The van der Waals surface area contributed by atoms with Gasteiger partial charge in [-0.15, -0.1) is 0 Å². The first-order valence-electron chi connectivity index (χ1n) is 7.89. The molecule has 1 fully saturated rings. The zero-order valence-corrected chi connectivity index (χ0v) is 13.4. The Hall–Kier alpha value is -1.77. The molecule has 0 saturated carbocycles. The van der Waals surface area contributed by atoms with E-state index in [1.54, 1.807) is 0 Å². The lowest BCUT2D eigenvalue weighted by Gasteiger charge is -2.27. The monoisotopic (exact) mass is 284 g/mol. The number of nitrogens with one attached hydrogen (secondary N) is 1. The number of carbonyl (C=O) groups is 1. The number of benzene rings is 1. The molecule has 2 heterocycles. The molecular weight excluding hydrogens is 260 g/mol. The summed E-state index contributed by atoms with van der Waals surface area (Å²) in [6.07, 6.45) is 2.26. The van der Waals surface area contributed by atoms with E-state index >= 15 is 0 Å². The van der Waals surface area contributed by atoms with Gasteiger partial charge in [0.15, 0.2) is 0 Å². The molecule has 112 valence electrons. The first-order chi connectivity index (χ1) is 9.99. The van der Waals surface area contributed by atoms with Crippen molar-refractivity contribution in [2.45, 2.75) is 46.6 Å². The van der Waals surface area contributed by atoms with Crippen LogP contribution in [0.4, 0.5) is 0 Å². The Bertz CT molecular complexity index is 684. The number of likely N-dealkylation sites (tertiary alicyclic amines) is 1. The smallest absolute Gasteiger partial charge is 0.254 e.